The van der Waals surface area contributed by atoms with Crippen molar-refractivity contribution in [3.63, 3.8) is 0 Å². The fraction of sp³-hybridized carbons (Fsp3) is 0.789. The first-order valence-corrected chi connectivity index (χ1v) is 8.96. The highest BCUT2D eigenvalue weighted by molar-refractivity contribution is 5.98. The van der Waals surface area contributed by atoms with Crippen LogP contribution >= 0.6 is 0 Å². The van der Waals surface area contributed by atoms with Crippen LogP contribution in [0.15, 0.2) is 12.2 Å². The molecule has 0 spiro atoms. The summed E-state index contributed by atoms with van der Waals surface area (Å²) in [5.41, 5.74) is -1.10. The number of rotatable bonds is 1. The second-order valence-electron chi connectivity index (χ2n) is 8.46. The number of fused-ring (bicyclic) bond motifs is 5. The molecule has 4 rings (SSSR count). The predicted octanol–water partition coefficient (Wildman–Crippen LogP) is 3.21. The zero-order chi connectivity index (χ0) is 16.4. The van der Waals surface area contributed by atoms with E-state index in [1.165, 1.54) is 6.08 Å². The van der Waals surface area contributed by atoms with Crippen molar-refractivity contribution in [3.8, 4) is 0 Å². The monoisotopic (exact) mass is 320 g/mol. The number of Topliss-reactive ketones (excluding diaryl/α,β-unsaturated/α-hetero) is 1. The Hall–Kier alpha value is -1.03. The first-order chi connectivity index (χ1) is 10.9. The number of hydrogen-bond acceptors (Lipinski definition) is 3. The van der Waals surface area contributed by atoms with Crippen molar-refractivity contribution in [1.82, 2.24) is 0 Å². The number of halogens is 1. The molecule has 1 N–H and O–H groups in total. The molecule has 7 atom stereocenters. The molecule has 4 aliphatic rings. The fourth-order valence-electron chi connectivity index (χ4n) is 6.49. The maximum absolute atomic E-state index is 14.1. The Morgan fingerprint density at radius 3 is 2.78 bits per heavy atom. The van der Waals surface area contributed by atoms with Gasteiger partial charge < -0.3 is 5.11 Å². The number of allylic oxidation sites excluding steroid dienone is 2. The van der Waals surface area contributed by atoms with Gasteiger partial charge in [0, 0.05) is 12.8 Å². The molecule has 2 unspecified atom stereocenters. The van der Waals surface area contributed by atoms with Crippen molar-refractivity contribution in [2.45, 2.75) is 58.2 Å². The van der Waals surface area contributed by atoms with Crippen LogP contribution in [0.4, 0.5) is 4.39 Å². The van der Waals surface area contributed by atoms with E-state index in [-0.39, 0.29) is 23.0 Å². The van der Waals surface area contributed by atoms with Crippen LogP contribution in [0.2, 0.25) is 0 Å². The molecule has 23 heavy (non-hydrogen) atoms. The first-order valence-electron chi connectivity index (χ1n) is 8.96. The Morgan fingerprint density at radius 1 is 1.26 bits per heavy atom. The average Bonchev–Trinajstić information content (AvgIpc) is 2.86. The fourth-order valence-corrected chi connectivity index (χ4v) is 6.49. The van der Waals surface area contributed by atoms with Gasteiger partial charge in [0.2, 0.25) is 6.36 Å². The van der Waals surface area contributed by atoms with Crippen molar-refractivity contribution in [1.29, 1.82) is 0 Å². The topological polar surface area (TPSA) is 54.4 Å². The van der Waals surface area contributed by atoms with Gasteiger partial charge in [0.15, 0.2) is 5.78 Å². The molecule has 0 aliphatic heterocycles. The SMILES string of the molecule is C[C@]12CCC(=O)CC1CC[C@@H]1[C@@H]2CC[C@]2(C(O)F)C(=O)C=C[C@@H]12. The van der Waals surface area contributed by atoms with Crippen LogP contribution in [-0.4, -0.2) is 23.0 Å². The molecule has 0 heterocycles. The number of hydrogen-bond donors (Lipinski definition) is 1. The molecule has 0 aromatic carbocycles. The van der Waals surface area contributed by atoms with Crippen LogP contribution in [0.3, 0.4) is 0 Å². The Kier molecular flexibility index (Phi) is 3.36. The Morgan fingerprint density at radius 2 is 2.04 bits per heavy atom. The molecule has 0 saturated heterocycles. The third kappa shape index (κ3) is 1.90. The van der Waals surface area contributed by atoms with Gasteiger partial charge in [0.1, 0.15) is 5.78 Å². The lowest BCUT2D eigenvalue weighted by Gasteiger charge is -2.59. The third-order valence-corrected chi connectivity index (χ3v) is 7.83. The van der Waals surface area contributed by atoms with Crippen molar-refractivity contribution in [2.75, 3.05) is 0 Å². The largest absolute Gasteiger partial charge is 0.363 e. The lowest BCUT2D eigenvalue weighted by Crippen LogP contribution is -2.56. The van der Waals surface area contributed by atoms with E-state index < -0.39 is 11.8 Å². The third-order valence-electron chi connectivity index (χ3n) is 7.83. The van der Waals surface area contributed by atoms with E-state index in [0.717, 1.165) is 25.7 Å². The number of ketones is 2. The minimum atomic E-state index is -2.07. The lowest BCUT2D eigenvalue weighted by molar-refractivity contribution is -0.174. The summed E-state index contributed by atoms with van der Waals surface area (Å²) in [5.74, 6) is 1.10. The highest BCUT2D eigenvalue weighted by Gasteiger charge is 2.63. The van der Waals surface area contributed by atoms with E-state index in [0.29, 0.717) is 36.9 Å². The van der Waals surface area contributed by atoms with E-state index in [2.05, 4.69) is 6.92 Å². The zero-order valence-corrected chi connectivity index (χ0v) is 13.6. The average molecular weight is 320 g/mol. The maximum Gasteiger partial charge on any atom is 0.209 e. The second kappa shape index (κ2) is 4.98. The second-order valence-corrected chi connectivity index (χ2v) is 8.46. The lowest BCUT2D eigenvalue weighted by atomic mass is 9.45. The van der Waals surface area contributed by atoms with Crippen LogP contribution in [0, 0.1) is 34.5 Å². The maximum atomic E-state index is 14.1. The van der Waals surface area contributed by atoms with E-state index >= 15 is 0 Å². The molecule has 126 valence electrons. The summed E-state index contributed by atoms with van der Waals surface area (Å²) in [6.45, 7) is 2.31. The summed E-state index contributed by atoms with van der Waals surface area (Å²) in [4.78, 5) is 24.2. The van der Waals surface area contributed by atoms with E-state index in [1.54, 1.807) is 0 Å². The molecular weight excluding hydrogens is 295 g/mol. The summed E-state index contributed by atoms with van der Waals surface area (Å²) in [6.07, 6.45) is 6.70. The van der Waals surface area contributed by atoms with Crippen molar-refractivity contribution < 1.29 is 19.1 Å². The van der Waals surface area contributed by atoms with Crippen LogP contribution in [0.5, 0.6) is 0 Å². The van der Waals surface area contributed by atoms with Crippen LogP contribution in [0.1, 0.15) is 51.9 Å². The standard InChI is InChI=1S/C19H25FO3/c1-18-8-6-12(21)10-11(18)2-3-13-14(18)7-9-19(17(20)23)15(13)4-5-16(19)22/h4-5,11,13-15,17,23H,2-3,6-10H2,1H3/t11?,13-,14+,15+,17?,18+,19-/m1/s1. The van der Waals surface area contributed by atoms with Crippen LogP contribution in [0.25, 0.3) is 0 Å². The van der Waals surface area contributed by atoms with Gasteiger partial charge in [-0.2, -0.15) is 0 Å². The molecule has 0 amide bonds. The number of carbonyl (C=O) groups is 2. The van der Waals surface area contributed by atoms with E-state index in [1.807, 2.05) is 6.08 Å². The molecule has 4 heteroatoms. The summed E-state index contributed by atoms with van der Waals surface area (Å²) in [6, 6.07) is 0. The molecule has 0 radical (unpaired) electrons. The predicted molar refractivity (Wildman–Crippen MR) is 83.1 cm³/mol. The molecule has 0 bridgehead atoms. The Bertz CT molecular complexity index is 583. The molecule has 3 fully saturated rings. The van der Waals surface area contributed by atoms with Crippen molar-refractivity contribution >= 4 is 11.6 Å². The highest BCUT2D eigenvalue weighted by atomic mass is 19.1. The minimum Gasteiger partial charge on any atom is -0.363 e. The minimum absolute atomic E-state index is 0.129. The highest BCUT2D eigenvalue weighted by Crippen LogP contribution is 2.64. The van der Waals surface area contributed by atoms with Crippen LogP contribution < -0.4 is 0 Å². The Labute approximate surface area is 136 Å². The van der Waals surface area contributed by atoms with Crippen LogP contribution in [-0.2, 0) is 9.59 Å². The molecule has 3 saturated carbocycles. The summed E-state index contributed by atoms with van der Waals surface area (Å²) >= 11 is 0. The van der Waals surface area contributed by atoms with Gasteiger partial charge in [-0.1, -0.05) is 13.0 Å². The molecule has 3 nitrogen and oxygen atoms in total. The van der Waals surface area contributed by atoms with Gasteiger partial charge in [0.05, 0.1) is 5.41 Å². The molecule has 4 aliphatic carbocycles. The number of aliphatic hydroxyl groups excluding tert-OH is 1. The number of carbonyl (C=O) groups excluding carboxylic acids is 2. The first kappa shape index (κ1) is 15.5. The van der Waals surface area contributed by atoms with Gasteiger partial charge in [0.25, 0.3) is 0 Å². The summed E-state index contributed by atoms with van der Waals surface area (Å²) in [7, 11) is 0. The molecule has 0 aromatic rings. The Balaban J connectivity index is 1.68. The number of aliphatic hydroxyl groups is 1. The van der Waals surface area contributed by atoms with Gasteiger partial charge >= 0.3 is 0 Å². The quantitative estimate of drug-likeness (QED) is 0.807. The normalized spacial score (nSPS) is 50.2. The molecule has 0 aromatic heterocycles. The molecular formula is C19H25FO3. The van der Waals surface area contributed by atoms with Gasteiger partial charge in [-0.25, -0.2) is 4.39 Å². The van der Waals surface area contributed by atoms with Crippen molar-refractivity contribution in [3.05, 3.63) is 12.2 Å². The van der Waals surface area contributed by atoms with Crippen molar-refractivity contribution in [2.24, 2.45) is 34.5 Å². The van der Waals surface area contributed by atoms with Gasteiger partial charge in [-0.15, -0.1) is 0 Å². The van der Waals surface area contributed by atoms with Gasteiger partial charge in [-0.3, -0.25) is 9.59 Å². The number of alkyl halides is 1. The summed E-state index contributed by atoms with van der Waals surface area (Å²) < 4.78 is 14.1. The zero-order valence-electron chi connectivity index (χ0n) is 13.6. The summed E-state index contributed by atoms with van der Waals surface area (Å²) in [5, 5.41) is 9.76. The van der Waals surface area contributed by atoms with E-state index in [9.17, 15) is 19.1 Å². The smallest absolute Gasteiger partial charge is 0.209 e. The van der Waals surface area contributed by atoms with Gasteiger partial charge in [-0.05, 0) is 67.3 Å². The van der Waals surface area contributed by atoms with E-state index in [4.69, 9.17) is 0 Å².